The highest BCUT2D eigenvalue weighted by molar-refractivity contribution is 6.22. The molecule has 32 heavy (non-hydrogen) atoms. The van der Waals surface area contributed by atoms with Gasteiger partial charge < -0.3 is 4.90 Å². The summed E-state index contributed by atoms with van der Waals surface area (Å²) in [6, 6.07) is 14.9. The molecule has 0 N–H and O–H groups in total. The second kappa shape index (κ2) is 8.22. The van der Waals surface area contributed by atoms with Crippen LogP contribution in [0.4, 0.5) is 17.1 Å². The van der Waals surface area contributed by atoms with Gasteiger partial charge in [0.1, 0.15) is 5.69 Å². The van der Waals surface area contributed by atoms with Crippen LogP contribution >= 0.6 is 0 Å². The van der Waals surface area contributed by atoms with Crippen molar-refractivity contribution >= 4 is 34.4 Å². The summed E-state index contributed by atoms with van der Waals surface area (Å²) in [6.07, 6.45) is 6.22. The fourth-order valence-corrected chi connectivity index (χ4v) is 5.28. The van der Waals surface area contributed by atoms with Gasteiger partial charge in [-0.2, -0.15) is 0 Å². The summed E-state index contributed by atoms with van der Waals surface area (Å²) >= 11 is 0. The molecule has 2 amide bonds. The van der Waals surface area contributed by atoms with Gasteiger partial charge in [-0.15, -0.1) is 0 Å². The first-order valence-corrected chi connectivity index (χ1v) is 11.2. The Kier molecular flexibility index (Phi) is 5.25. The number of nitro benzene ring substituents is 1. The summed E-state index contributed by atoms with van der Waals surface area (Å²) in [7, 11) is 0. The highest BCUT2D eigenvalue weighted by Crippen LogP contribution is 2.42. The number of amides is 2. The average Bonchev–Trinajstić information content (AvgIpc) is 3.09. The van der Waals surface area contributed by atoms with E-state index in [1.165, 1.54) is 22.1 Å². The maximum absolute atomic E-state index is 12.9. The number of carbonyl (C=O) groups excluding carboxylic acids is 2. The van der Waals surface area contributed by atoms with E-state index in [0.717, 1.165) is 32.1 Å². The van der Waals surface area contributed by atoms with Gasteiger partial charge in [-0.1, -0.05) is 49.2 Å². The van der Waals surface area contributed by atoms with Gasteiger partial charge in [-0.05, 0) is 42.5 Å². The van der Waals surface area contributed by atoms with E-state index in [2.05, 4.69) is 18.2 Å². The van der Waals surface area contributed by atoms with Gasteiger partial charge in [-0.25, -0.2) is 4.90 Å². The van der Waals surface area contributed by atoms with E-state index in [4.69, 9.17) is 0 Å². The Bertz CT molecular complexity index is 1090. The topological polar surface area (TPSA) is 83.8 Å². The zero-order chi connectivity index (χ0) is 22.2. The maximum atomic E-state index is 12.9. The standard InChI is InChI=1S/C25H25N3O4/c29-24-20-8-4-5-9-21(20)25(30)27(24)19-10-11-22(23(16-19)28(31)32)26-14-12-18(13-15-26)17-6-2-1-3-7-17/h1-3,6-7,10-12,16,20-21H,4-5,8-9,13-15H2. The quantitative estimate of drug-likeness (QED) is 0.402. The van der Waals surface area contributed by atoms with Crippen molar-refractivity contribution in [1.29, 1.82) is 0 Å². The molecule has 2 unspecified atom stereocenters. The van der Waals surface area contributed by atoms with Crippen LogP contribution in [0.1, 0.15) is 37.7 Å². The number of nitro groups is 1. The zero-order valence-corrected chi connectivity index (χ0v) is 17.8. The monoisotopic (exact) mass is 431 g/mol. The fourth-order valence-electron chi connectivity index (χ4n) is 5.28. The van der Waals surface area contributed by atoms with Crippen LogP contribution in [-0.4, -0.2) is 29.8 Å². The van der Waals surface area contributed by atoms with Crippen LogP contribution in [0.25, 0.3) is 5.57 Å². The van der Waals surface area contributed by atoms with Gasteiger partial charge in [0.25, 0.3) is 5.69 Å². The minimum absolute atomic E-state index is 0.0745. The first-order valence-electron chi connectivity index (χ1n) is 11.2. The molecule has 0 spiro atoms. The van der Waals surface area contributed by atoms with Crippen molar-refractivity contribution in [3.05, 3.63) is 70.3 Å². The van der Waals surface area contributed by atoms with Crippen molar-refractivity contribution in [3.8, 4) is 0 Å². The van der Waals surface area contributed by atoms with Crippen LogP contribution in [0.5, 0.6) is 0 Å². The van der Waals surface area contributed by atoms with Crippen LogP contribution in [0.2, 0.25) is 0 Å². The normalized spacial score (nSPS) is 23.2. The second-order valence-corrected chi connectivity index (χ2v) is 8.73. The SMILES string of the molecule is O=C1C2CCCCC2C(=O)N1c1ccc(N2CC=C(c3ccccc3)CC2)c([N+](=O)[O-])c1. The first-order chi connectivity index (χ1) is 15.5. The lowest BCUT2D eigenvalue weighted by atomic mass is 9.81. The van der Waals surface area contributed by atoms with Crippen LogP contribution in [-0.2, 0) is 9.59 Å². The molecular weight excluding hydrogens is 406 g/mol. The van der Waals surface area contributed by atoms with E-state index in [-0.39, 0.29) is 29.3 Å². The summed E-state index contributed by atoms with van der Waals surface area (Å²) in [5.74, 6) is -0.984. The molecule has 2 heterocycles. The number of imide groups is 1. The highest BCUT2D eigenvalue weighted by Gasteiger charge is 2.49. The molecule has 1 saturated carbocycles. The van der Waals surface area contributed by atoms with Gasteiger partial charge in [-0.3, -0.25) is 19.7 Å². The number of nitrogens with zero attached hydrogens (tertiary/aromatic N) is 3. The molecule has 0 radical (unpaired) electrons. The summed E-state index contributed by atoms with van der Waals surface area (Å²) in [5.41, 5.74) is 3.15. The van der Waals surface area contributed by atoms with Crippen LogP contribution in [0.15, 0.2) is 54.6 Å². The number of benzene rings is 2. The van der Waals surface area contributed by atoms with E-state index >= 15 is 0 Å². The summed E-state index contributed by atoms with van der Waals surface area (Å²) in [6.45, 7) is 1.22. The van der Waals surface area contributed by atoms with E-state index in [9.17, 15) is 19.7 Å². The Morgan fingerprint density at radius 1 is 0.938 bits per heavy atom. The Morgan fingerprint density at radius 2 is 1.62 bits per heavy atom. The van der Waals surface area contributed by atoms with Crippen LogP contribution < -0.4 is 9.80 Å². The van der Waals surface area contributed by atoms with E-state index in [1.807, 2.05) is 23.1 Å². The van der Waals surface area contributed by atoms with Crippen LogP contribution in [0.3, 0.4) is 0 Å². The van der Waals surface area contributed by atoms with Gasteiger partial charge in [0, 0.05) is 19.2 Å². The predicted molar refractivity (Wildman–Crippen MR) is 122 cm³/mol. The molecule has 3 aliphatic rings. The van der Waals surface area contributed by atoms with Gasteiger partial charge in [0.05, 0.1) is 22.4 Å². The molecule has 7 heteroatoms. The number of anilines is 2. The lowest BCUT2D eigenvalue weighted by Gasteiger charge is -2.28. The summed E-state index contributed by atoms with van der Waals surface area (Å²) in [5, 5.41) is 11.9. The fraction of sp³-hybridized carbons (Fsp3) is 0.360. The number of fused-ring (bicyclic) bond motifs is 1. The number of hydrogen-bond acceptors (Lipinski definition) is 5. The van der Waals surface area contributed by atoms with E-state index < -0.39 is 4.92 Å². The molecule has 2 aliphatic heterocycles. The molecule has 5 rings (SSSR count). The predicted octanol–water partition coefficient (Wildman–Crippen LogP) is 4.57. The third-order valence-corrected chi connectivity index (χ3v) is 6.95. The minimum atomic E-state index is -0.423. The number of hydrogen-bond donors (Lipinski definition) is 0. The maximum Gasteiger partial charge on any atom is 0.294 e. The van der Waals surface area contributed by atoms with Crippen molar-refractivity contribution in [2.45, 2.75) is 32.1 Å². The lowest BCUT2D eigenvalue weighted by molar-refractivity contribution is -0.384. The van der Waals surface area contributed by atoms with Crippen molar-refractivity contribution in [1.82, 2.24) is 0 Å². The molecule has 7 nitrogen and oxygen atoms in total. The Hall–Kier alpha value is -3.48. The Labute approximate surface area is 186 Å². The molecule has 1 saturated heterocycles. The second-order valence-electron chi connectivity index (χ2n) is 8.73. The van der Waals surface area contributed by atoms with E-state index in [0.29, 0.717) is 24.5 Å². The molecule has 0 aromatic heterocycles. The molecule has 2 aromatic carbocycles. The number of carbonyl (C=O) groups is 2. The molecule has 2 aromatic rings. The third kappa shape index (κ3) is 3.47. The lowest BCUT2D eigenvalue weighted by Crippen LogP contribution is -2.31. The van der Waals surface area contributed by atoms with Crippen LogP contribution in [0, 0.1) is 22.0 Å². The molecule has 1 aliphatic carbocycles. The van der Waals surface area contributed by atoms with Gasteiger partial charge >= 0.3 is 0 Å². The first kappa shape index (κ1) is 20.4. The zero-order valence-electron chi connectivity index (χ0n) is 17.8. The average molecular weight is 431 g/mol. The van der Waals surface area contributed by atoms with Crippen molar-refractivity contribution in [2.24, 2.45) is 11.8 Å². The minimum Gasteiger partial charge on any atom is -0.362 e. The van der Waals surface area contributed by atoms with Crippen molar-refractivity contribution < 1.29 is 14.5 Å². The van der Waals surface area contributed by atoms with Gasteiger partial charge in [0.15, 0.2) is 0 Å². The van der Waals surface area contributed by atoms with Gasteiger partial charge in [0.2, 0.25) is 11.8 Å². The summed E-state index contributed by atoms with van der Waals surface area (Å²) in [4.78, 5) is 40.5. The van der Waals surface area contributed by atoms with Crippen molar-refractivity contribution in [3.63, 3.8) is 0 Å². The Morgan fingerprint density at radius 3 is 2.22 bits per heavy atom. The van der Waals surface area contributed by atoms with Crippen molar-refractivity contribution in [2.75, 3.05) is 22.9 Å². The molecular formula is C25H25N3O4. The summed E-state index contributed by atoms with van der Waals surface area (Å²) < 4.78 is 0. The molecule has 2 atom stereocenters. The third-order valence-electron chi connectivity index (χ3n) is 6.95. The molecule has 164 valence electrons. The Balaban J connectivity index is 1.42. The highest BCUT2D eigenvalue weighted by atomic mass is 16.6. The smallest absolute Gasteiger partial charge is 0.294 e. The van der Waals surface area contributed by atoms with E-state index in [1.54, 1.807) is 12.1 Å². The molecule has 0 bridgehead atoms. The molecule has 2 fully saturated rings. The number of rotatable bonds is 4. The largest absolute Gasteiger partial charge is 0.362 e.